The van der Waals surface area contributed by atoms with Gasteiger partial charge in [-0.15, -0.1) is 0 Å². The molecule has 2 aromatic carbocycles. The van der Waals surface area contributed by atoms with Crippen molar-refractivity contribution >= 4 is 0 Å². The minimum absolute atomic E-state index is 0.0127. The summed E-state index contributed by atoms with van der Waals surface area (Å²) in [5.74, 6) is 1.67. The molecule has 0 aliphatic heterocycles. The fraction of sp³-hybridized carbons (Fsp3) is 0.516. The molecule has 1 aromatic heterocycles. The van der Waals surface area contributed by atoms with E-state index in [1.165, 1.54) is 74.7 Å². The Labute approximate surface area is 202 Å². The quantitative estimate of drug-likeness (QED) is 0.214. The van der Waals surface area contributed by atoms with E-state index in [2.05, 4.69) is 92.2 Å². The van der Waals surface area contributed by atoms with E-state index in [9.17, 15) is 0 Å². The molecular formula is C31H44N2. The van der Waals surface area contributed by atoms with Crippen molar-refractivity contribution in [2.75, 3.05) is 0 Å². The van der Waals surface area contributed by atoms with Gasteiger partial charge in [-0.1, -0.05) is 126 Å². The zero-order valence-electron chi connectivity index (χ0n) is 21.2. The maximum Gasteiger partial charge on any atom is 0.112 e. The van der Waals surface area contributed by atoms with Gasteiger partial charge in [-0.3, -0.25) is 0 Å². The summed E-state index contributed by atoms with van der Waals surface area (Å²) in [7, 11) is 0. The van der Waals surface area contributed by atoms with E-state index >= 15 is 0 Å². The number of hydrogen-bond acceptors (Lipinski definition) is 1. The van der Waals surface area contributed by atoms with Gasteiger partial charge in [-0.2, -0.15) is 0 Å². The Bertz CT molecular complexity index is 899. The van der Waals surface area contributed by atoms with Crippen LogP contribution in [0.5, 0.6) is 0 Å². The van der Waals surface area contributed by atoms with Gasteiger partial charge in [0.2, 0.25) is 0 Å². The topological polar surface area (TPSA) is 17.8 Å². The number of nitrogens with zero attached hydrogens (tertiary/aromatic N) is 2. The third kappa shape index (κ3) is 7.06. The van der Waals surface area contributed by atoms with Crippen molar-refractivity contribution in [3.63, 3.8) is 0 Å². The predicted octanol–water partition coefficient (Wildman–Crippen LogP) is 8.72. The van der Waals surface area contributed by atoms with Crippen LogP contribution in [0.4, 0.5) is 0 Å². The third-order valence-electron chi connectivity index (χ3n) is 7.27. The van der Waals surface area contributed by atoms with Crippen molar-refractivity contribution in [1.82, 2.24) is 9.55 Å². The van der Waals surface area contributed by atoms with Crippen molar-refractivity contribution in [3.8, 4) is 0 Å². The highest BCUT2D eigenvalue weighted by Crippen LogP contribution is 2.44. The van der Waals surface area contributed by atoms with Gasteiger partial charge in [-0.05, 0) is 30.4 Å². The molecule has 0 amide bonds. The molecule has 0 radical (unpaired) electrons. The first-order valence-corrected chi connectivity index (χ1v) is 13.3. The van der Waals surface area contributed by atoms with Gasteiger partial charge < -0.3 is 4.57 Å². The molecule has 0 aliphatic carbocycles. The number of aryl methyl sites for hydroxylation is 1. The zero-order valence-corrected chi connectivity index (χ0v) is 21.2. The second kappa shape index (κ2) is 13.4. The Kier molecular flexibility index (Phi) is 10.2. The van der Waals surface area contributed by atoms with Crippen molar-refractivity contribution in [3.05, 3.63) is 90.0 Å². The number of benzene rings is 2. The molecule has 178 valence electrons. The normalized spacial score (nSPS) is 14.2. The predicted molar refractivity (Wildman–Crippen MR) is 142 cm³/mol. The number of unbranched alkanes of at least 4 members (excludes halogenated alkanes) is 6. The Morgan fingerprint density at radius 3 is 2.12 bits per heavy atom. The maximum absolute atomic E-state index is 5.01. The molecule has 2 nitrogen and oxygen atoms in total. The summed E-state index contributed by atoms with van der Waals surface area (Å²) in [6, 6.07) is 22.2. The summed E-state index contributed by atoms with van der Waals surface area (Å²) in [4.78, 5) is 5.01. The van der Waals surface area contributed by atoms with Crippen molar-refractivity contribution < 1.29 is 0 Å². The number of rotatable bonds is 15. The van der Waals surface area contributed by atoms with Crippen LogP contribution in [-0.2, 0) is 18.4 Å². The molecule has 2 unspecified atom stereocenters. The number of imidazole rings is 1. The van der Waals surface area contributed by atoms with Crippen molar-refractivity contribution in [2.45, 2.75) is 103 Å². The van der Waals surface area contributed by atoms with Gasteiger partial charge >= 0.3 is 0 Å². The summed E-state index contributed by atoms with van der Waals surface area (Å²) in [5.41, 5.74) is 2.82. The first-order valence-electron chi connectivity index (χ1n) is 13.3. The summed E-state index contributed by atoms with van der Waals surface area (Å²) < 4.78 is 2.46. The van der Waals surface area contributed by atoms with E-state index in [1.54, 1.807) is 0 Å². The molecule has 1 heterocycles. The first-order chi connectivity index (χ1) is 16.2. The highest BCUT2D eigenvalue weighted by molar-refractivity contribution is 5.33. The Hall–Kier alpha value is -2.35. The molecule has 2 heteroatoms. The van der Waals surface area contributed by atoms with Gasteiger partial charge in [0.05, 0.1) is 0 Å². The van der Waals surface area contributed by atoms with Gasteiger partial charge in [0, 0.05) is 30.3 Å². The highest BCUT2D eigenvalue weighted by Gasteiger charge is 2.39. The van der Waals surface area contributed by atoms with Crippen LogP contribution in [0.25, 0.3) is 0 Å². The molecular weight excluding hydrogens is 400 g/mol. The second-order valence-corrected chi connectivity index (χ2v) is 9.89. The van der Waals surface area contributed by atoms with Gasteiger partial charge in [0.15, 0.2) is 0 Å². The van der Waals surface area contributed by atoms with Crippen LogP contribution in [0, 0.1) is 0 Å². The summed E-state index contributed by atoms with van der Waals surface area (Å²) in [6.45, 7) is 8.13. The van der Waals surface area contributed by atoms with E-state index in [0.717, 1.165) is 13.0 Å². The molecule has 0 saturated carbocycles. The largest absolute Gasteiger partial charge is 0.335 e. The smallest absolute Gasteiger partial charge is 0.112 e. The first kappa shape index (κ1) is 25.3. The van der Waals surface area contributed by atoms with E-state index in [1.807, 2.05) is 6.20 Å². The van der Waals surface area contributed by atoms with Crippen molar-refractivity contribution in [1.29, 1.82) is 0 Å². The summed E-state index contributed by atoms with van der Waals surface area (Å²) in [6.07, 6.45) is 16.8. The van der Waals surface area contributed by atoms with Crippen LogP contribution in [0.15, 0.2) is 73.1 Å². The standard InChI is InChI=1S/C31H44N2/c1-4-6-8-9-16-22-29(30-32-23-25-33(30)24-17-7-5-2)31(3,28-20-14-11-15-21-28)26-27-18-12-10-13-19-27/h10-15,18-21,23,25,29H,4-9,16-17,22,24,26H2,1-3H3. The minimum atomic E-state index is -0.0127. The van der Waals surface area contributed by atoms with E-state index in [0.29, 0.717) is 5.92 Å². The minimum Gasteiger partial charge on any atom is -0.335 e. The third-order valence-corrected chi connectivity index (χ3v) is 7.27. The second-order valence-electron chi connectivity index (χ2n) is 9.89. The molecule has 3 aromatic rings. The van der Waals surface area contributed by atoms with Gasteiger partial charge in [0.25, 0.3) is 0 Å². The average molecular weight is 445 g/mol. The van der Waals surface area contributed by atoms with Crippen LogP contribution in [0.3, 0.4) is 0 Å². The maximum atomic E-state index is 5.01. The molecule has 0 N–H and O–H groups in total. The Morgan fingerprint density at radius 2 is 1.42 bits per heavy atom. The van der Waals surface area contributed by atoms with Crippen LogP contribution in [-0.4, -0.2) is 9.55 Å². The Morgan fingerprint density at radius 1 is 0.788 bits per heavy atom. The number of aromatic nitrogens is 2. The molecule has 0 bridgehead atoms. The molecule has 33 heavy (non-hydrogen) atoms. The molecule has 0 fully saturated rings. The van der Waals surface area contributed by atoms with E-state index in [4.69, 9.17) is 4.98 Å². The van der Waals surface area contributed by atoms with Crippen LogP contribution < -0.4 is 0 Å². The van der Waals surface area contributed by atoms with Crippen molar-refractivity contribution in [2.24, 2.45) is 0 Å². The lowest BCUT2D eigenvalue weighted by molar-refractivity contribution is 0.321. The fourth-order valence-corrected chi connectivity index (χ4v) is 5.30. The van der Waals surface area contributed by atoms with Crippen LogP contribution in [0.1, 0.15) is 101 Å². The van der Waals surface area contributed by atoms with Gasteiger partial charge in [0.1, 0.15) is 5.82 Å². The SMILES string of the molecule is CCCCCCCC(c1nccn1CCCCC)C(C)(Cc1ccccc1)c1ccccc1. The van der Waals surface area contributed by atoms with E-state index in [-0.39, 0.29) is 5.41 Å². The average Bonchev–Trinajstić information content (AvgIpc) is 3.30. The van der Waals surface area contributed by atoms with E-state index < -0.39 is 0 Å². The fourth-order valence-electron chi connectivity index (χ4n) is 5.30. The summed E-state index contributed by atoms with van der Waals surface area (Å²) >= 11 is 0. The lowest BCUT2D eigenvalue weighted by Crippen LogP contribution is -2.35. The lowest BCUT2D eigenvalue weighted by atomic mass is 9.66. The van der Waals surface area contributed by atoms with Gasteiger partial charge in [-0.25, -0.2) is 4.98 Å². The molecule has 0 spiro atoms. The lowest BCUT2D eigenvalue weighted by Gasteiger charge is -2.39. The zero-order chi connectivity index (χ0) is 23.4. The molecule has 0 saturated heterocycles. The van der Waals surface area contributed by atoms with Crippen LogP contribution in [0.2, 0.25) is 0 Å². The van der Waals surface area contributed by atoms with Crippen LogP contribution >= 0.6 is 0 Å². The molecule has 3 rings (SSSR count). The number of hydrogen-bond donors (Lipinski definition) is 0. The molecule has 2 atom stereocenters. The molecule has 0 aliphatic rings. The highest BCUT2D eigenvalue weighted by atomic mass is 15.1. The summed E-state index contributed by atoms with van der Waals surface area (Å²) in [5, 5.41) is 0. The Balaban J connectivity index is 1.97. The monoisotopic (exact) mass is 444 g/mol.